The first-order valence-electron chi connectivity index (χ1n) is 22.1. The first-order chi connectivity index (χ1) is 32.4. The molecule has 0 aliphatic rings. The van der Waals surface area contributed by atoms with Crippen molar-refractivity contribution in [1.29, 1.82) is 0 Å². The van der Waals surface area contributed by atoms with Gasteiger partial charge in [-0.3, -0.25) is 4.79 Å². The second-order valence-corrected chi connectivity index (χ2v) is 18.9. The summed E-state index contributed by atoms with van der Waals surface area (Å²) in [4.78, 5) is 44.5. The van der Waals surface area contributed by atoms with Gasteiger partial charge in [0.05, 0.1) is 70.3 Å². The zero-order valence-corrected chi connectivity index (χ0v) is 41.8. The van der Waals surface area contributed by atoms with Crippen LogP contribution in [0.1, 0.15) is 30.8 Å². The zero-order valence-electron chi connectivity index (χ0n) is 40.2. The Morgan fingerprint density at radius 2 is 1.71 bits per heavy atom. The van der Waals surface area contributed by atoms with Gasteiger partial charge in [0.25, 0.3) is 5.91 Å². The van der Waals surface area contributed by atoms with E-state index < -0.39 is 5.60 Å². The number of hydrogen-bond acceptors (Lipinski definition) is 14. The van der Waals surface area contributed by atoms with Gasteiger partial charge in [-0.1, -0.05) is 24.8 Å². The minimum absolute atomic E-state index is 0.135. The highest BCUT2D eigenvalue weighted by atomic mass is 79.9. The van der Waals surface area contributed by atoms with Crippen LogP contribution in [-0.4, -0.2) is 120 Å². The smallest absolute Gasteiger partial charge is 0.252 e. The van der Waals surface area contributed by atoms with Crippen LogP contribution in [0.4, 0.5) is 34.9 Å². The maximum Gasteiger partial charge on any atom is 0.252 e. The maximum atomic E-state index is 14.5. The van der Waals surface area contributed by atoms with Gasteiger partial charge < -0.3 is 49.6 Å². The monoisotopic (exact) mass is 983 g/mol. The molecule has 5 aromatic heterocycles. The molecule has 0 radical (unpaired) electrons. The van der Waals surface area contributed by atoms with Crippen LogP contribution in [0.5, 0.6) is 5.75 Å². The number of imidazole rings is 1. The van der Waals surface area contributed by atoms with Gasteiger partial charge in [-0.25, -0.2) is 15.0 Å². The van der Waals surface area contributed by atoms with E-state index in [-0.39, 0.29) is 19.0 Å². The highest BCUT2D eigenvalue weighted by Crippen LogP contribution is 2.39. The molecule has 0 aliphatic carbocycles. The van der Waals surface area contributed by atoms with Crippen molar-refractivity contribution < 1.29 is 14.6 Å². The first kappa shape index (κ1) is 47.4. The lowest BCUT2D eigenvalue weighted by molar-refractivity contribution is -0.113. The summed E-state index contributed by atoms with van der Waals surface area (Å²) in [5.74, 6) is 2.00. The van der Waals surface area contributed by atoms with Gasteiger partial charge >= 0.3 is 0 Å². The van der Waals surface area contributed by atoms with E-state index in [0.29, 0.717) is 69.6 Å². The van der Waals surface area contributed by atoms with E-state index >= 15 is 0 Å². The van der Waals surface area contributed by atoms with Crippen molar-refractivity contribution in [2.75, 3.05) is 80.7 Å². The lowest BCUT2D eigenvalue weighted by atomic mass is 10.1. The summed E-state index contributed by atoms with van der Waals surface area (Å²) in [5, 5.41) is 26.2. The Morgan fingerprint density at radius 3 is 2.46 bits per heavy atom. The van der Waals surface area contributed by atoms with E-state index in [1.54, 1.807) is 42.8 Å². The van der Waals surface area contributed by atoms with E-state index in [1.807, 2.05) is 76.2 Å². The number of likely N-dealkylation sites (N-methyl/N-ethyl adjacent to an activating group) is 3. The third-order valence-corrected chi connectivity index (χ3v) is 12.3. The molecule has 19 heteroatoms. The summed E-state index contributed by atoms with van der Waals surface area (Å²) in [7, 11) is 11.5. The van der Waals surface area contributed by atoms with Crippen molar-refractivity contribution in [3.63, 3.8) is 0 Å². The summed E-state index contributed by atoms with van der Waals surface area (Å²) < 4.78 is 12.3. The van der Waals surface area contributed by atoms with Crippen LogP contribution in [0.15, 0.2) is 89.8 Å². The molecule has 18 nitrogen and oxygen atoms in total. The normalized spacial score (nSPS) is 11.8. The number of nitrogens with one attached hydrogen (secondary N) is 3. The Labute approximate surface area is 403 Å². The molecule has 8 aromatic rings. The lowest BCUT2D eigenvalue weighted by Gasteiger charge is -2.26. The number of fused-ring (bicyclic) bond motifs is 3. The number of nitrogens with zero attached hydrogens (tertiary/aromatic N) is 12. The van der Waals surface area contributed by atoms with E-state index in [0.717, 1.165) is 56.6 Å². The number of hydrogen-bond donors (Lipinski definition) is 4. The summed E-state index contributed by atoms with van der Waals surface area (Å²) in [5.41, 5.74) is 8.37. The van der Waals surface area contributed by atoms with Gasteiger partial charge in [0, 0.05) is 81.3 Å². The Kier molecular flexibility index (Phi) is 13.4. The summed E-state index contributed by atoms with van der Waals surface area (Å²) in [6.45, 7) is 14.0. The maximum absolute atomic E-state index is 14.5. The predicted octanol–water partition coefficient (Wildman–Crippen LogP) is 7.57. The largest absolute Gasteiger partial charge is 0.494 e. The molecule has 68 heavy (non-hydrogen) atoms. The molecular weight excluding hydrogens is 927 g/mol. The van der Waals surface area contributed by atoms with Crippen molar-refractivity contribution >= 4 is 84.3 Å². The number of carbonyl (C=O) groups is 1. The molecule has 0 unspecified atom stereocenters. The molecule has 0 saturated heterocycles. The Morgan fingerprint density at radius 1 is 0.941 bits per heavy atom. The molecule has 0 saturated carbocycles. The van der Waals surface area contributed by atoms with Crippen molar-refractivity contribution in [1.82, 2.24) is 48.6 Å². The molecule has 0 fully saturated rings. The highest BCUT2D eigenvalue weighted by Gasteiger charge is 2.23. The molecule has 5 heterocycles. The van der Waals surface area contributed by atoms with E-state index in [2.05, 4.69) is 101 Å². The standard InChI is InChI=1S/C49H58BrN15O3/c1-29-20-36-41(21-30(29)2)64(43(54-36)25-52-47-59-48(63(10)28-49(4,5)67)58-44-34(50)24-53-65(44)47)26-31(3)45(66)55-37-22-38(42(68-11)23-40(37)61(8)19-18-60(6)7)57-46-51-17-16-35(56-46)33-27-62(9)39-15-13-12-14-32(33)39/h12-17,20-24,27,67H,3,18-19,25-26,28H2,1-2,4-11H3,(H,55,66)(H,51,56,57)(H,52,58,59). The number of amides is 1. The van der Waals surface area contributed by atoms with Gasteiger partial charge in [0.15, 0.2) is 5.65 Å². The molecule has 3 aromatic carbocycles. The van der Waals surface area contributed by atoms with Gasteiger partial charge in [-0.2, -0.15) is 19.6 Å². The molecule has 1 amide bonds. The van der Waals surface area contributed by atoms with Crippen molar-refractivity contribution in [2.45, 2.75) is 46.4 Å². The molecule has 0 bridgehead atoms. The van der Waals surface area contributed by atoms with E-state index in [9.17, 15) is 9.90 Å². The van der Waals surface area contributed by atoms with Crippen molar-refractivity contribution in [3.8, 4) is 17.0 Å². The summed E-state index contributed by atoms with van der Waals surface area (Å²) in [6.07, 6.45) is 5.45. The van der Waals surface area contributed by atoms with Gasteiger partial charge in [0.1, 0.15) is 11.6 Å². The Balaban J connectivity index is 1.10. The number of ether oxygens (including phenoxy) is 1. The summed E-state index contributed by atoms with van der Waals surface area (Å²) in [6, 6.07) is 18.0. The minimum atomic E-state index is -0.984. The number of benzene rings is 3. The molecule has 0 atom stereocenters. The lowest BCUT2D eigenvalue weighted by Crippen LogP contribution is -2.37. The quantitative estimate of drug-likeness (QED) is 0.0618. The van der Waals surface area contributed by atoms with Crippen LogP contribution in [0, 0.1) is 13.8 Å². The molecule has 8 rings (SSSR count). The number of halogens is 1. The first-order valence-corrected chi connectivity index (χ1v) is 22.9. The second kappa shape index (κ2) is 19.3. The van der Waals surface area contributed by atoms with Crippen molar-refractivity contribution in [2.24, 2.45) is 7.05 Å². The number of rotatable bonds is 18. The van der Waals surface area contributed by atoms with E-state index in [4.69, 9.17) is 24.7 Å². The van der Waals surface area contributed by atoms with Crippen LogP contribution in [-0.2, 0) is 24.9 Å². The van der Waals surface area contributed by atoms with Crippen LogP contribution >= 0.6 is 15.9 Å². The molecular formula is C49H58BrN15O3. The average Bonchev–Trinajstić information content (AvgIpc) is 3.96. The van der Waals surface area contributed by atoms with Crippen molar-refractivity contribution in [3.05, 3.63) is 107 Å². The number of carbonyl (C=O) groups excluding carboxylic acids is 1. The van der Waals surface area contributed by atoms with Gasteiger partial charge in [0.2, 0.25) is 17.8 Å². The highest BCUT2D eigenvalue weighted by molar-refractivity contribution is 9.10. The zero-order chi connectivity index (χ0) is 48.6. The fourth-order valence-corrected chi connectivity index (χ4v) is 8.45. The number of methoxy groups -OCH3 is 1. The third kappa shape index (κ3) is 10.1. The Bertz CT molecular complexity index is 3190. The van der Waals surface area contributed by atoms with Crippen LogP contribution in [0.3, 0.4) is 0 Å². The van der Waals surface area contributed by atoms with Crippen LogP contribution in [0.25, 0.3) is 38.8 Å². The molecule has 0 spiro atoms. The number of aliphatic hydroxyl groups is 1. The second-order valence-electron chi connectivity index (χ2n) is 18.1. The fraction of sp³-hybridized carbons (Fsp3) is 0.327. The fourth-order valence-electron chi connectivity index (χ4n) is 8.11. The molecule has 4 N–H and O–H groups in total. The molecule has 354 valence electrons. The van der Waals surface area contributed by atoms with Crippen LogP contribution in [0.2, 0.25) is 0 Å². The average molecular weight is 985 g/mol. The Hall–Kier alpha value is -7.09. The predicted molar refractivity (Wildman–Crippen MR) is 274 cm³/mol. The number of para-hydroxylation sites is 1. The number of anilines is 6. The van der Waals surface area contributed by atoms with Gasteiger partial charge in [-0.05, 0) is 99.2 Å². The summed E-state index contributed by atoms with van der Waals surface area (Å²) >= 11 is 3.57. The SMILES string of the molecule is C=C(Cn1c(CNc2nc(N(C)CC(C)(C)O)nc3c(Br)cnn23)nc2cc(C)c(C)cc21)C(=O)Nc1cc(Nc2nccc(-c3cn(C)c4ccccc34)n2)c(OC)cc1N(C)CCN(C)C. The third-order valence-electron chi connectivity index (χ3n) is 11.7. The van der Waals surface area contributed by atoms with E-state index in [1.165, 1.54) is 0 Å². The van der Waals surface area contributed by atoms with Gasteiger partial charge in [-0.15, -0.1) is 0 Å². The molecule has 0 aliphatic heterocycles. The van der Waals surface area contributed by atoms with Crippen LogP contribution < -0.4 is 30.5 Å². The topological polar surface area (TPSA) is 184 Å². The minimum Gasteiger partial charge on any atom is -0.494 e. The number of aromatic nitrogens is 9. The number of aryl methyl sites for hydroxylation is 3.